The summed E-state index contributed by atoms with van der Waals surface area (Å²) in [6.07, 6.45) is 0.659. The van der Waals surface area contributed by atoms with Crippen LogP contribution >= 0.6 is 15.9 Å². The van der Waals surface area contributed by atoms with Crippen LogP contribution < -0.4 is 5.32 Å². The molecule has 0 radical (unpaired) electrons. The van der Waals surface area contributed by atoms with Crippen LogP contribution in [-0.2, 0) is 11.2 Å². The van der Waals surface area contributed by atoms with Crippen molar-refractivity contribution in [2.75, 3.05) is 19.8 Å². The second kappa shape index (κ2) is 6.29. The number of rotatable bonds is 4. The minimum absolute atomic E-state index is 0.0487. The molecule has 2 nitrogen and oxygen atoms in total. The predicted octanol–water partition coefficient (Wildman–Crippen LogP) is 3.24. The van der Waals surface area contributed by atoms with Crippen LogP contribution in [0.15, 0.2) is 22.7 Å². The van der Waals surface area contributed by atoms with Crippen molar-refractivity contribution in [2.24, 2.45) is 0 Å². The molecule has 0 spiro atoms. The molecule has 1 aromatic rings. The Balaban J connectivity index is 1.96. The first-order valence-electron chi connectivity index (χ1n) is 6.40. The van der Waals surface area contributed by atoms with E-state index >= 15 is 0 Å². The second-order valence-electron chi connectivity index (χ2n) is 5.27. The van der Waals surface area contributed by atoms with Gasteiger partial charge in [-0.3, -0.25) is 0 Å². The molecule has 0 amide bonds. The molecular formula is C14H18BrF2NO. The van der Waals surface area contributed by atoms with Gasteiger partial charge >= 0.3 is 0 Å². The largest absolute Gasteiger partial charge is 0.379 e. The average molecular weight is 334 g/mol. The van der Waals surface area contributed by atoms with E-state index in [1.807, 2.05) is 0 Å². The molecule has 1 aliphatic heterocycles. The first kappa shape index (κ1) is 14.9. The van der Waals surface area contributed by atoms with Crippen LogP contribution in [0.1, 0.15) is 18.9 Å². The lowest BCUT2D eigenvalue weighted by Crippen LogP contribution is -2.45. The molecule has 0 aliphatic carbocycles. The molecule has 1 aliphatic rings. The summed E-state index contributed by atoms with van der Waals surface area (Å²) in [6, 6.07) is 4.67. The molecule has 0 saturated carbocycles. The smallest absolute Gasteiger partial charge is 0.137 e. The molecule has 0 aromatic heterocycles. The van der Waals surface area contributed by atoms with Crippen LogP contribution in [0.5, 0.6) is 0 Å². The monoisotopic (exact) mass is 333 g/mol. The zero-order valence-electron chi connectivity index (χ0n) is 10.9. The quantitative estimate of drug-likeness (QED) is 0.913. The summed E-state index contributed by atoms with van der Waals surface area (Å²) in [5.74, 6) is -0.327. The Morgan fingerprint density at radius 2 is 2.32 bits per heavy atom. The number of ether oxygens (including phenoxy) is 1. The van der Waals surface area contributed by atoms with E-state index in [9.17, 15) is 8.78 Å². The molecule has 106 valence electrons. The van der Waals surface area contributed by atoms with Gasteiger partial charge in [-0.1, -0.05) is 6.07 Å². The van der Waals surface area contributed by atoms with Gasteiger partial charge in [-0.15, -0.1) is 0 Å². The Morgan fingerprint density at radius 1 is 1.53 bits per heavy atom. The molecule has 2 unspecified atom stereocenters. The van der Waals surface area contributed by atoms with E-state index in [-0.39, 0.29) is 18.3 Å². The Morgan fingerprint density at radius 3 is 2.95 bits per heavy atom. The number of hydrogen-bond donors (Lipinski definition) is 1. The molecule has 1 saturated heterocycles. The van der Waals surface area contributed by atoms with Gasteiger partial charge in [0.2, 0.25) is 0 Å². The number of hydrogen-bond acceptors (Lipinski definition) is 2. The Hall–Kier alpha value is -0.520. The van der Waals surface area contributed by atoms with E-state index < -0.39 is 5.67 Å². The van der Waals surface area contributed by atoms with E-state index in [4.69, 9.17) is 4.74 Å². The van der Waals surface area contributed by atoms with Gasteiger partial charge in [-0.05, 0) is 47.0 Å². The molecule has 19 heavy (non-hydrogen) atoms. The summed E-state index contributed by atoms with van der Waals surface area (Å²) in [5.41, 5.74) is -0.551. The lowest BCUT2D eigenvalue weighted by Gasteiger charge is -2.30. The van der Waals surface area contributed by atoms with Crippen molar-refractivity contribution in [3.05, 3.63) is 34.1 Å². The lowest BCUT2D eigenvalue weighted by atomic mass is 9.91. The van der Waals surface area contributed by atoms with Gasteiger partial charge in [-0.25, -0.2) is 8.78 Å². The molecule has 2 atom stereocenters. The zero-order chi connectivity index (χ0) is 13.9. The molecule has 1 N–H and O–H groups in total. The second-order valence-corrected chi connectivity index (χ2v) is 6.12. The van der Waals surface area contributed by atoms with E-state index in [1.165, 1.54) is 6.07 Å². The van der Waals surface area contributed by atoms with Gasteiger partial charge in [0, 0.05) is 19.0 Å². The highest BCUT2D eigenvalue weighted by molar-refractivity contribution is 9.10. The first-order chi connectivity index (χ1) is 8.96. The third-order valence-corrected chi connectivity index (χ3v) is 3.83. The van der Waals surface area contributed by atoms with Crippen molar-refractivity contribution in [3.63, 3.8) is 0 Å². The minimum atomic E-state index is -1.34. The van der Waals surface area contributed by atoms with E-state index in [0.717, 1.165) is 12.1 Å². The van der Waals surface area contributed by atoms with Crippen molar-refractivity contribution in [1.82, 2.24) is 5.32 Å². The minimum Gasteiger partial charge on any atom is -0.379 e. The topological polar surface area (TPSA) is 21.3 Å². The van der Waals surface area contributed by atoms with E-state index in [1.54, 1.807) is 19.1 Å². The fourth-order valence-electron chi connectivity index (χ4n) is 2.41. The van der Waals surface area contributed by atoms with Crippen molar-refractivity contribution in [2.45, 2.75) is 31.5 Å². The van der Waals surface area contributed by atoms with Gasteiger partial charge < -0.3 is 10.1 Å². The van der Waals surface area contributed by atoms with Crippen LogP contribution in [-0.4, -0.2) is 31.5 Å². The highest BCUT2D eigenvalue weighted by Gasteiger charge is 2.29. The van der Waals surface area contributed by atoms with Crippen LogP contribution in [0.4, 0.5) is 8.78 Å². The number of benzene rings is 1. The van der Waals surface area contributed by atoms with Crippen molar-refractivity contribution < 1.29 is 13.5 Å². The van der Waals surface area contributed by atoms with Crippen molar-refractivity contribution in [3.8, 4) is 0 Å². The maximum atomic E-state index is 14.6. The number of nitrogens with one attached hydrogen (secondary N) is 1. The van der Waals surface area contributed by atoms with Crippen LogP contribution in [0.2, 0.25) is 0 Å². The summed E-state index contributed by atoms with van der Waals surface area (Å²) >= 11 is 3.12. The molecular weight excluding hydrogens is 316 g/mol. The number of morpholine rings is 1. The highest BCUT2D eigenvalue weighted by Crippen LogP contribution is 2.26. The summed E-state index contributed by atoms with van der Waals surface area (Å²) in [6.45, 7) is 3.58. The van der Waals surface area contributed by atoms with Gasteiger partial charge in [0.25, 0.3) is 0 Å². The fourth-order valence-corrected chi connectivity index (χ4v) is 2.84. The number of halogens is 3. The van der Waals surface area contributed by atoms with E-state index in [2.05, 4.69) is 21.2 Å². The Kier molecular flexibility index (Phi) is 4.92. The number of alkyl halides is 1. The zero-order valence-corrected chi connectivity index (χ0v) is 12.5. The lowest BCUT2D eigenvalue weighted by molar-refractivity contribution is 0.0483. The molecule has 1 fully saturated rings. The summed E-state index contributed by atoms with van der Waals surface area (Å²) in [5, 5.41) is 3.25. The molecule has 0 bridgehead atoms. The first-order valence-corrected chi connectivity index (χ1v) is 7.19. The van der Waals surface area contributed by atoms with Crippen molar-refractivity contribution in [1.29, 1.82) is 0 Å². The Bertz CT molecular complexity index is 433. The van der Waals surface area contributed by atoms with E-state index in [0.29, 0.717) is 24.1 Å². The standard InChI is InChI=1S/C14H18BrF2NO/c1-14(17,8-11-9-19-5-4-18-11)7-10-2-3-13(16)12(15)6-10/h2-3,6,11,18H,4-5,7-9H2,1H3. The predicted molar refractivity (Wildman–Crippen MR) is 74.5 cm³/mol. The molecule has 5 heteroatoms. The third-order valence-electron chi connectivity index (χ3n) is 3.23. The molecule has 2 rings (SSSR count). The van der Waals surface area contributed by atoms with Crippen LogP contribution in [0.3, 0.4) is 0 Å². The van der Waals surface area contributed by atoms with Crippen molar-refractivity contribution >= 4 is 15.9 Å². The maximum Gasteiger partial charge on any atom is 0.137 e. The van der Waals surface area contributed by atoms with Crippen LogP contribution in [0, 0.1) is 5.82 Å². The highest BCUT2D eigenvalue weighted by atomic mass is 79.9. The third kappa shape index (κ3) is 4.51. The molecule has 1 aromatic carbocycles. The average Bonchev–Trinajstić information content (AvgIpc) is 2.34. The van der Waals surface area contributed by atoms with Gasteiger partial charge in [-0.2, -0.15) is 0 Å². The summed E-state index contributed by atoms with van der Waals surface area (Å²) < 4.78 is 33.4. The van der Waals surface area contributed by atoms with Crippen LogP contribution in [0.25, 0.3) is 0 Å². The maximum absolute atomic E-state index is 14.6. The summed E-state index contributed by atoms with van der Waals surface area (Å²) in [4.78, 5) is 0. The van der Waals surface area contributed by atoms with Gasteiger partial charge in [0.1, 0.15) is 11.5 Å². The van der Waals surface area contributed by atoms with Gasteiger partial charge in [0.05, 0.1) is 17.7 Å². The SMILES string of the molecule is CC(F)(Cc1ccc(F)c(Br)c1)CC1COCCN1. The normalized spacial score (nSPS) is 23.1. The fraction of sp³-hybridized carbons (Fsp3) is 0.571. The molecule has 1 heterocycles. The Labute approximate surface area is 120 Å². The summed E-state index contributed by atoms with van der Waals surface area (Å²) in [7, 11) is 0. The van der Waals surface area contributed by atoms with Gasteiger partial charge in [0.15, 0.2) is 0 Å².